The smallest absolute Gasteiger partial charge is 0.142 e. The summed E-state index contributed by atoms with van der Waals surface area (Å²) in [6.07, 6.45) is 5.35. The molecule has 0 heterocycles. The molecule has 1 unspecified atom stereocenters. The molecule has 5 nitrogen and oxygen atoms in total. The molecule has 0 fully saturated rings. The molecule has 1 atom stereocenters. The van der Waals surface area contributed by atoms with Gasteiger partial charge in [-0.2, -0.15) is 0 Å². The Labute approximate surface area is 205 Å². The molecule has 1 aliphatic carbocycles. The predicted molar refractivity (Wildman–Crippen MR) is 139 cm³/mol. The Balaban J connectivity index is 1.51. The summed E-state index contributed by atoms with van der Waals surface area (Å²) in [4.78, 5) is 0. The van der Waals surface area contributed by atoms with Crippen molar-refractivity contribution in [3.63, 3.8) is 0 Å². The Morgan fingerprint density at radius 2 is 1.68 bits per heavy atom. The summed E-state index contributed by atoms with van der Waals surface area (Å²) < 4.78 is 12.2. The summed E-state index contributed by atoms with van der Waals surface area (Å²) >= 11 is 6.50. The molecule has 3 aromatic rings. The number of rotatable bonds is 8. The van der Waals surface area contributed by atoms with Gasteiger partial charge in [-0.15, -0.1) is 0 Å². The zero-order chi connectivity index (χ0) is 24.1. The van der Waals surface area contributed by atoms with Crippen molar-refractivity contribution in [3.8, 4) is 22.6 Å². The lowest BCUT2D eigenvalue weighted by atomic mass is 9.97. The van der Waals surface area contributed by atoms with Crippen LogP contribution in [0.2, 0.25) is 5.02 Å². The van der Waals surface area contributed by atoms with Crippen LogP contribution in [0.5, 0.6) is 11.5 Å². The molecule has 174 valence electrons. The number of benzene rings is 3. The molecular weight excluding hydrogens is 446 g/mol. The highest BCUT2D eigenvalue weighted by Gasteiger charge is 2.14. The van der Waals surface area contributed by atoms with E-state index < -0.39 is 6.04 Å². The average molecular weight is 474 g/mol. The van der Waals surface area contributed by atoms with Crippen LogP contribution in [0.25, 0.3) is 11.1 Å². The van der Waals surface area contributed by atoms with E-state index in [0.717, 1.165) is 22.3 Å². The molecule has 0 saturated heterocycles. The van der Waals surface area contributed by atoms with Crippen LogP contribution in [0.4, 0.5) is 0 Å². The summed E-state index contributed by atoms with van der Waals surface area (Å²) in [7, 11) is 0. The molecule has 6 heteroatoms. The van der Waals surface area contributed by atoms with Gasteiger partial charge in [0.1, 0.15) is 24.7 Å². The molecule has 4 rings (SSSR count). The largest absolute Gasteiger partial charge is 0.488 e. The first-order valence-corrected chi connectivity index (χ1v) is 11.5. The molecule has 0 amide bonds. The first-order valence-electron chi connectivity index (χ1n) is 11.1. The number of halogens is 1. The van der Waals surface area contributed by atoms with Crippen molar-refractivity contribution in [2.75, 3.05) is 6.61 Å². The molecule has 34 heavy (non-hydrogen) atoms. The Hall–Kier alpha value is -3.38. The number of nitrogens with one attached hydrogen (secondary N) is 1. The first-order chi connectivity index (χ1) is 16.5. The fourth-order valence-corrected chi connectivity index (χ4v) is 4.09. The number of hydrogen-bond acceptors (Lipinski definition) is 5. The zero-order valence-corrected chi connectivity index (χ0v) is 19.8. The van der Waals surface area contributed by atoms with Crippen molar-refractivity contribution in [1.82, 2.24) is 0 Å². The van der Waals surface area contributed by atoms with Crippen LogP contribution < -0.4 is 20.9 Å². The Morgan fingerprint density at radius 3 is 2.41 bits per heavy atom. The van der Waals surface area contributed by atoms with Gasteiger partial charge in [0.05, 0.1) is 16.8 Å². The summed E-state index contributed by atoms with van der Waals surface area (Å²) in [6.45, 7) is 3.07. The summed E-state index contributed by atoms with van der Waals surface area (Å²) in [5, 5.41) is 8.23. The topological polar surface area (TPSA) is 94.4 Å². The van der Waals surface area contributed by atoms with Crippen LogP contribution in [-0.2, 0) is 13.2 Å². The second kappa shape index (κ2) is 10.7. The fraction of sp³-hybridized carbons (Fsp3) is 0.179. The highest BCUT2D eigenvalue weighted by atomic mass is 35.5. The van der Waals surface area contributed by atoms with Gasteiger partial charge in [0.2, 0.25) is 0 Å². The molecule has 5 N–H and O–H groups in total. The molecule has 0 radical (unpaired) electrons. The molecule has 3 aromatic carbocycles. The van der Waals surface area contributed by atoms with Crippen LogP contribution in [0, 0.1) is 12.3 Å². The predicted octanol–water partition coefficient (Wildman–Crippen LogP) is 5.58. The maximum atomic E-state index is 7.75. The molecule has 0 spiro atoms. The van der Waals surface area contributed by atoms with E-state index in [1.165, 1.54) is 11.1 Å². The molecule has 0 aromatic heterocycles. The third-order valence-electron chi connectivity index (χ3n) is 5.87. The van der Waals surface area contributed by atoms with Crippen LogP contribution >= 0.6 is 11.6 Å². The van der Waals surface area contributed by atoms with Crippen molar-refractivity contribution in [1.29, 1.82) is 5.41 Å². The summed E-state index contributed by atoms with van der Waals surface area (Å²) in [5.74, 6) is 1.14. The van der Waals surface area contributed by atoms with Gasteiger partial charge in [-0.05, 0) is 46.9 Å². The Morgan fingerprint density at radius 1 is 0.912 bits per heavy atom. The van der Waals surface area contributed by atoms with E-state index in [1.54, 1.807) is 18.2 Å². The molecule has 0 saturated carbocycles. The van der Waals surface area contributed by atoms with E-state index in [1.807, 2.05) is 36.4 Å². The van der Waals surface area contributed by atoms with E-state index in [2.05, 4.69) is 31.2 Å². The van der Waals surface area contributed by atoms with Gasteiger partial charge < -0.3 is 26.4 Å². The molecule has 0 aliphatic heterocycles. The summed E-state index contributed by atoms with van der Waals surface area (Å²) in [6, 6.07) is 19.7. The number of hydrogen-bond donors (Lipinski definition) is 3. The highest BCUT2D eigenvalue weighted by Crippen LogP contribution is 2.34. The summed E-state index contributed by atoms with van der Waals surface area (Å²) in [5.41, 5.74) is 18.5. The number of ether oxygens (including phenoxy) is 2. The SMILES string of the molecule is Cc1c(COc2cc(OCC3=CC(N)C(=N)C=C3)c(CN)cc2Cl)cccc1-c1ccccc1. The normalized spacial score (nSPS) is 15.2. The quantitative estimate of drug-likeness (QED) is 0.398. The van der Waals surface area contributed by atoms with Crippen LogP contribution in [0.3, 0.4) is 0 Å². The zero-order valence-electron chi connectivity index (χ0n) is 19.1. The lowest BCUT2D eigenvalue weighted by Gasteiger charge is -2.18. The third-order valence-corrected chi connectivity index (χ3v) is 6.17. The van der Waals surface area contributed by atoms with E-state index in [4.69, 9.17) is 38.0 Å². The van der Waals surface area contributed by atoms with Crippen LogP contribution in [0.1, 0.15) is 16.7 Å². The van der Waals surface area contributed by atoms with Gasteiger partial charge >= 0.3 is 0 Å². The van der Waals surface area contributed by atoms with Gasteiger partial charge in [-0.1, -0.05) is 72.3 Å². The standard InChI is InChI=1S/C28H28ClN3O2/c1-18-21(8-5-9-23(18)20-6-3-2-4-7-20)17-34-28-14-27(22(15-30)13-24(28)29)33-16-19-10-11-25(31)26(32)12-19/h2-14,26,31H,15-17,30,32H2,1H3. The van der Waals surface area contributed by atoms with Gasteiger partial charge in [0.15, 0.2) is 0 Å². The van der Waals surface area contributed by atoms with E-state index in [0.29, 0.717) is 35.4 Å². The van der Waals surface area contributed by atoms with Gasteiger partial charge in [-0.3, -0.25) is 0 Å². The second-order valence-corrected chi connectivity index (χ2v) is 8.59. The van der Waals surface area contributed by atoms with Gasteiger partial charge in [0.25, 0.3) is 0 Å². The molecule has 1 aliphatic rings. The van der Waals surface area contributed by atoms with E-state index in [9.17, 15) is 0 Å². The van der Waals surface area contributed by atoms with Crippen molar-refractivity contribution in [3.05, 3.63) is 106 Å². The third kappa shape index (κ3) is 5.39. The average Bonchev–Trinajstić information content (AvgIpc) is 2.85. The first kappa shape index (κ1) is 23.8. The maximum Gasteiger partial charge on any atom is 0.142 e. The van der Waals surface area contributed by atoms with Gasteiger partial charge in [0, 0.05) is 18.2 Å². The van der Waals surface area contributed by atoms with Crippen LogP contribution in [0.15, 0.2) is 84.5 Å². The molecular formula is C28H28ClN3O2. The van der Waals surface area contributed by atoms with Crippen LogP contribution in [-0.4, -0.2) is 18.4 Å². The lowest BCUT2D eigenvalue weighted by molar-refractivity contribution is 0.300. The fourth-order valence-electron chi connectivity index (χ4n) is 3.85. The Bertz CT molecular complexity index is 1250. The Kier molecular flexibility index (Phi) is 7.48. The minimum atomic E-state index is -0.420. The number of nitrogens with two attached hydrogens (primary N) is 2. The van der Waals surface area contributed by atoms with Crippen molar-refractivity contribution in [2.24, 2.45) is 11.5 Å². The monoisotopic (exact) mass is 473 g/mol. The maximum absolute atomic E-state index is 7.75. The van der Waals surface area contributed by atoms with Crippen molar-refractivity contribution < 1.29 is 9.47 Å². The van der Waals surface area contributed by atoms with Gasteiger partial charge in [-0.25, -0.2) is 0 Å². The lowest BCUT2D eigenvalue weighted by Crippen LogP contribution is -2.29. The van der Waals surface area contributed by atoms with Crippen molar-refractivity contribution in [2.45, 2.75) is 26.1 Å². The minimum Gasteiger partial charge on any atom is -0.488 e. The highest BCUT2D eigenvalue weighted by molar-refractivity contribution is 6.32. The molecule has 0 bridgehead atoms. The van der Waals surface area contributed by atoms with Crippen molar-refractivity contribution >= 4 is 17.3 Å². The van der Waals surface area contributed by atoms with E-state index >= 15 is 0 Å². The second-order valence-electron chi connectivity index (χ2n) is 8.18. The van der Waals surface area contributed by atoms with E-state index in [-0.39, 0.29) is 6.54 Å². The minimum absolute atomic E-state index is 0.284.